The molecule has 0 fully saturated rings. The summed E-state index contributed by atoms with van der Waals surface area (Å²) in [5.41, 5.74) is -1.21. The second-order valence-corrected chi connectivity index (χ2v) is 2.47. The van der Waals surface area contributed by atoms with Gasteiger partial charge in [-0.05, 0) is 0 Å². The molecule has 0 bridgehead atoms. The Morgan fingerprint density at radius 2 is 2.21 bits per heavy atom. The van der Waals surface area contributed by atoms with Crippen molar-refractivity contribution in [3.63, 3.8) is 0 Å². The molecule has 0 spiro atoms. The largest absolute Gasteiger partial charge is 0.503 e. The monoisotopic (exact) mass is 202 g/mol. The first-order valence-corrected chi connectivity index (χ1v) is 3.59. The molecule has 0 atom stereocenters. The molecule has 1 heterocycles. The number of aromatic nitrogens is 1. The van der Waals surface area contributed by atoms with E-state index in [9.17, 15) is 13.2 Å². The van der Waals surface area contributed by atoms with Gasteiger partial charge in [0.1, 0.15) is 0 Å². The van der Waals surface area contributed by atoms with Crippen LogP contribution < -0.4 is 0 Å². The van der Waals surface area contributed by atoms with Gasteiger partial charge in [-0.3, -0.25) is 4.98 Å². The van der Waals surface area contributed by atoms with Crippen molar-refractivity contribution in [1.82, 2.24) is 4.98 Å². The number of hydrogen-bond donors (Lipinski definition) is 1. The van der Waals surface area contributed by atoms with Crippen molar-refractivity contribution < 1.29 is 18.3 Å². The molecule has 14 heavy (non-hydrogen) atoms. The summed E-state index contributed by atoms with van der Waals surface area (Å²) in [4.78, 5) is 3.17. The number of halogens is 3. The number of hydrogen-bond acceptors (Lipinski definition) is 3. The van der Waals surface area contributed by atoms with Crippen molar-refractivity contribution in [3.05, 3.63) is 23.3 Å². The highest BCUT2D eigenvalue weighted by molar-refractivity contribution is 5.34. The molecule has 1 aromatic heterocycles. The van der Waals surface area contributed by atoms with E-state index in [4.69, 9.17) is 10.4 Å². The third-order valence-electron chi connectivity index (χ3n) is 1.57. The molecule has 0 unspecified atom stereocenters. The summed E-state index contributed by atoms with van der Waals surface area (Å²) < 4.78 is 37.2. The standard InChI is InChI=1S/C8H5F3N2O/c9-5-4(1-2-12)3-13-6(7(5)14)8(10)11/h3,8,14H,1H2. The van der Waals surface area contributed by atoms with Crippen molar-refractivity contribution in [2.45, 2.75) is 12.8 Å². The van der Waals surface area contributed by atoms with Gasteiger partial charge < -0.3 is 5.11 Å². The lowest BCUT2D eigenvalue weighted by Crippen LogP contribution is -1.98. The van der Waals surface area contributed by atoms with Crippen LogP contribution in [0.2, 0.25) is 0 Å². The summed E-state index contributed by atoms with van der Waals surface area (Å²) >= 11 is 0. The van der Waals surface area contributed by atoms with E-state index in [0.29, 0.717) is 0 Å². The molecule has 6 heteroatoms. The molecule has 0 saturated carbocycles. The average molecular weight is 202 g/mol. The zero-order chi connectivity index (χ0) is 10.7. The van der Waals surface area contributed by atoms with Crippen LogP contribution in [0.4, 0.5) is 13.2 Å². The Balaban J connectivity index is 3.20. The molecular formula is C8H5F3N2O. The van der Waals surface area contributed by atoms with Gasteiger partial charge in [-0.15, -0.1) is 0 Å². The van der Waals surface area contributed by atoms with E-state index in [0.717, 1.165) is 6.20 Å². The highest BCUT2D eigenvalue weighted by Gasteiger charge is 2.20. The minimum Gasteiger partial charge on any atom is -0.503 e. The fraction of sp³-hybridized carbons (Fsp3) is 0.250. The fourth-order valence-electron chi connectivity index (χ4n) is 0.898. The molecule has 1 aromatic rings. The predicted molar refractivity (Wildman–Crippen MR) is 40.1 cm³/mol. The van der Waals surface area contributed by atoms with Crippen LogP contribution in [0.15, 0.2) is 6.20 Å². The van der Waals surface area contributed by atoms with Crippen LogP contribution in [-0.2, 0) is 6.42 Å². The van der Waals surface area contributed by atoms with E-state index < -0.39 is 23.7 Å². The second kappa shape index (κ2) is 3.96. The number of pyridine rings is 1. The van der Waals surface area contributed by atoms with Gasteiger partial charge in [0.15, 0.2) is 17.3 Å². The first-order valence-electron chi connectivity index (χ1n) is 3.59. The van der Waals surface area contributed by atoms with Crippen molar-refractivity contribution >= 4 is 0 Å². The number of rotatable bonds is 2. The van der Waals surface area contributed by atoms with Crippen molar-refractivity contribution in [1.29, 1.82) is 5.26 Å². The maximum Gasteiger partial charge on any atom is 0.284 e. The Labute approximate surface area is 77.4 Å². The summed E-state index contributed by atoms with van der Waals surface area (Å²) in [6.45, 7) is 0. The quantitative estimate of drug-likeness (QED) is 0.797. The van der Waals surface area contributed by atoms with Crippen LogP contribution >= 0.6 is 0 Å². The maximum atomic E-state index is 13.0. The predicted octanol–water partition coefficient (Wildman–Crippen LogP) is 1.93. The number of nitrogens with zero attached hydrogens (tertiary/aromatic N) is 2. The SMILES string of the molecule is N#CCc1cnc(C(F)F)c(O)c1F. The topological polar surface area (TPSA) is 56.9 Å². The maximum absolute atomic E-state index is 13.0. The van der Waals surface area contributed by atoms with Gasteiger partial charge in [-0.1, -0.05) is 0 Å². The van der Waals surface area contributed by atoms with E-state index in [1.165, 1.54) is 0 Å². The minimum atomic E-state index is -3.04. The van der Waals surface area contributed by atoms with Crippen LogP contribution in [-0.4, -0.2) is 10.1 Å². The third-order valence-corrected chi connectivity index (χ3v) is 1.57. The van der Waals surface area contributed by atoms with Gasteiger partial charge in [0.05, 0.1) is 12.5 Å². The fourth-order valence-corrected chi connectivity index (χ4v) is 0.898. The Hall–Kier alpha value is -1.77. The van der Waals surface area contributed by atoms with Crippen LogP contribution in [0.5, 0.6) is 5.75 Å². The Bertz CT molecular complexity index is 387. The lowest BCUT2D eigenvalue weighted by molar-refractivity contribution is 0.140. The van der Waals surface area contributed by atoms with Gasteiger partial charge in [0, 0.05) is 11.8 Å². The molecule has 0 aliphatic heterocycles. The molecule has 74 valence electrons. The average Bonchev–Trinajstić information content (AvgIpc) is 2.13. The lowest BCUT2D eigenvalue weighted by atomic mass is 10.2. The van der Waals surface area contributed by atoms with E-state index in [2.05, 4.69) is 4.98 Å². The number of alkyl halides is 2. The molecule has 1 rings (SSSR count). The van der Waals surface area contributed by atoms with Crippen LogP contribution in [0.3, 0.4) is 0 Å². The normalized spacial score (nSPS) is 10.2. The minimum absolute atomic E-state index is 0.200. The highest BCUT2D eigenvalue weighted by atomic mass is 19.3. The van der Waals surface area contributed by atoms with Crippen LogP contribution in [0.25, 0.3) is 0 Å². The Morgan fingerprint density at radius 1 is 1.57 bits per heavy atom. The van der Waals surface area contributed by atoms with Crippen LogP contribution in [0, 0.1) is 17.1 Å². The zero-order valence-corrected chi connectivity index (χ0v) is 6.84. The first kappa shape index (κ1) is 10.3. The van der Waals surface area contributed by atoms with Crippen molar-refractivity contribution in [2.24, 2.45) is 0 Å². The first-order chi connectivity index (χ1) is 6.57. The molecular weight excluding hydrogens is 197 g/mol. The Kier molecular flexibility index (Phi) is 2.92. The molecule has 0 aliphatic carbocycles. The van der Waals surface area contributed by atoms with Gasteiger partial charge in [-0.2, -0.15) is 5.26 Å². The summed E-state index contributed by atoms with van der Waals surface area (Å²) in [5.74, 6) is -2.40. The highest BCUT2D eigenvalue weighted by Crippen LogP contribution is 2.29. The number of aromatic hydroxyl groups is 1. The molecule has 0 radical (unpaired) electrons. The lowest BCUT2D eigenvalue weighted by Gasteiger charge is -2.05. The molecule has 0 aliphatic rings. The Morgan fingerprint density at radius 3 is 2.71 bits per heavy atom. The zero-order valence-electron chi connectivity index (χ0n) is 6.84. The van der Waals surface area contributed by atoms with Crippen molar-refractivity contribution in [3.8, 4) is 11.8 Å². The molecule has 0 amide bonds. The van der Waals surface area contributed by atoms with E-state index in [-0.39, 0.29) is 12.0 Å². The van der Waals surface area contributed by atoms with E-state index >= 15 is 0 Å². The number of nitriles is 1. The summed E-state index contributed by atoms with van der Waals surface area (Å²) in [6, 6.07) is 1.62. The third kappa shape index (κ3) is 1.76. The molecule has 3 nitrogen and oxygen atoms in total. The van der Waals surface area contributed by atoms with Crippen LogP contribution in [0.1, 0.15) is 17.7 Å². The molecule has 0 aromatic carbocycles. The smallest absolute Gasteiger partial charge is 0.284 e. The molecule has 1 N–H and O–H groups in total. The summed E-state index contributed by atoms with van der Waals surface area (Å²) in [7, 11) is 0. The second-order valence-electron chi connectivity index (χ2n) is 2.47. The van der Waals surface area contributed by atoms with E-state index in [1.54, 1.807) is 6.07 Å². The molecule has 0 saturated heterocycles. The van der Waals surface area contributed by atoms with Gasteiger partial charge >= 0.3 is 0 Å². The van der Waals surface area contributed by atoms with Gasteiger partial charge in [-0.25, -0.2) is 13.2 Å². The van der Waals surface area contributed by atoms with E-state index in [1.807, 2.05) is 0 Å². The summed E-state index contributed by atoms with van der Waals surface area (Å²) in [5, 5.41) is 17.2. The summed E-state index contributed by atoms with van der Waals surface area (Å²) in [6.07, 6.45) is -2.55. The van der Waals surface area contributed by atoms with Crippen molar-refractivity contribution in [2.75, 3.05) is 0 Å². The van der Waals surface area contributed by atoms with Gasteiger partial charge in [0.25, 0.3) is 6.43 Å². The van der Waals surface area contributed by atoms with Gasteiger partial charge in [0.2, 0.25) is 0 Å².